The molecule has 9 heteroatoms. The molecule has 0 unspecified atom stereocenters. The molecule has 140 valence electrons. The van der Waals surface area contributed by atoms with E-state index in [9.17, 15) is 14.4 Å². The SMILES string of the molecule is CCONC(=O)CSCC(=O)Nc1c(C)n(C)n(-c2ccccc2)c1=O. The molecule has 0 radical (unpaired) electrons. The molecule has 2 rings (SSSR count). The third kappa shape index (κ3) is 4.77. The summed E-state index contributed by atoms with van der Waals surface area (Å²) in [5, 5.41) is 2.65. The fourth-order valence-corrected chi connectivity index (χ4v) is 2.91. The van der Waals surface area contributed by atoms with E-state index in [4.69, 9.17) is 4.84 Å². The van der Waals surface area contributed by atoms with Crippen molar-refractivity contribution in [3.8, 4) is 5.69 Å². The fourth-order valence-electron chi connectivity index (χ4n) is 2.31. The van der Waals surface area contributed by atoms with Gasteiger partial charge in [-0.05, 0) is 26.0 Å². The first kappa shape index (κ1) is 19.8. The van der Waals surface area contributed by atoms with Crippen LogP contribution in [0.25, 0.3) is 5.69 Å². The third-order valence-electron chi connectivity index (χ3n) is 3.62. The van der Waals surface area contributed by atoms with Crippen molar-refractivity contribution in [1.29, 1.82) is 0 Å². The molecule has 1 aromatic carbocycles. The van der Waals surface area contributed by atoms with Crippen molar-refractivity contribution in [2.75, 3.05) is 23.4 Å². The Morgan fingerprint density at radius 1 is 1.15 bits per heavy atom. The number of hydrogen-bond donors (Lipinski definition) is 2. The number of thioether (sulfide) groups is 1. The number of nitrogens with one attached hydrogen (secondary N) is 2. The number of carbonyl (C=O) groups is 2. The van der Waals surface area contributed by atoms with Crippen molar-refractivity contribution in [3.63, 3.8) is 0 Å². The van der Waals surface area contributed by atoms with E-state index >= 15 is 0 Å². The van der Waals surface area contributed by atoms with E-state index in [-0.39, 0.29) is 34.6 Å². The fraction of sp³-hybridized carbons (Fsp3) is 0.353. The van der Waals surface area contributed by atoms with Crippen molar-refractivity contribution in [3.05, 3.63) is 46.4 Å². The molecule has 0 aliphatic rings. The molecule has 2 amide bonds. The van der Waals surface area contributed by atoms with Crippen molar-refractivity contribution in [2.24, 2.45) is 7.05 Å². The minimum atomic E-state index is -0.342. The molecule has 1 heterocycles. The lowest BCUT2D eigenvalue weighted by Gasteiger charge is -2.07. The van der Waals surface area contributed by atoms with Gasteiger partial charge in [-0.25, -0.2) is 10.2 Å². The largest absolute Gasteiger partial charge is 0.319 e. The van der Waals surface area contributed by atoms with E-state index in [0.29, 0.717) is 18.0 Å². The molecule has 0 aliphatic carbocycles. The molecule has 8 nitrogen and oxygen atoms in total. The highest BCUT2D eigenvalue weighted by Gasteiger charge is 2.18. The lowest BCUT2D eigenvalue weighted by atomic mass is 10.3. The van der Waals surface area contributed by atoms with Gasteiger partial charge < -0.3 is 5.32 Å². The summed E-state index contributed by atoms with van der Waals surface area (Å²) in [7, 11) is 1.76. The summed E-state index contributed by atoms with van der Waals surface area (Å²) in [6.07, 6.45) is 0. The molecule has 0 bridgehead atoms. The summed E-state index contributed by atoms with van der Waals surface area (Å²) in [6.45, 7) is 3.89. The number of para-hydroxylation sites is 1. The molecule has 0 aliphatic heterocycles. The molecular weight excluding hydrogens is 356 g/mol. The van der Waals surface area contributed by atoms with Crippen LogP contribution in [0.3, 0.4) is 0 Å². The first-order chi connectivity index (χ1) is 12.5. The molecule has 1 aromatic heterocycles. The maximum Gasteiger partial charge on any atom is 0.295 e. The van der Waals surface area contributed by atoms with E-state index in [2.05, 4.69) is 10.8 Å². The second-order valence-electron chi connectivity index (χ2n) is 5.44. The van der Waals surface area contributed by atoms with Crippen molar-refractivity contribution < 1.29 is 14.4 Å². The molecule has 0 atom stereocenters. The predicted molar refractivity (Wildman–Crippen MR) is 101 cm³/mol. The Morgan fingerprint density at radius 2 is 1.81 bits per heavy atom. The standard InChI is InChI=1S/C17H22N4O4S/c1-4-25-19-15(23)11-26-10-14(22)18-16-12(2)20(3)21(17(16)24)13-8-6-5-7-9-13/h5-9H,4,10-11H2,1-3H3,(H,18,22)(H,19,23). The van der Waals surface area contributed by atoms with Crippen LogP contribution in [0.4, 0.5) is 5.69 Å². The number of carbonyl (C=O) groups excluding carboxylic acids is 2. The van der Waals surface area contributed by atoms with Gasteiger partial charge in [0.1, 0.15) is 5.69 Å². The molecule has 0 fully saturated rings. The van der Waals surface area contributed by atoms with E-state index in [1.807, 2.05) is 30.3 Å². The maximum atomic E-state index is 12.7. The Labute approximate surface area is 155 Å². The van der Waals surface area contributed by atoms with Crippen LogP contribution < -0.4 is 16.4 Å². The highest BCUT2D eigenvalue weighted by molar-refractivity contribution is 8.00. The molecule has 0 spiro atoms. The molecule has 0 saturated heterocycles. The van der Waals surface area contributed by atoms with Gasteiger partial charge in [-0.3, -0.25) is 23.9 Å². The van der Waals surface area contributed by atoms with E-state index in [1.165, 1.54) is 4.68 Å². The topological polar surface area (TPSA) is 94.4 Å². The van der Waals surface area contributed by atoms with Crippen LogP contribution >= 0.6 is 11.8 Å². The van der Waals surface area contributed by atoms with Gasteiger partial charge in [0.2, 0.25) is 5.91 Å². The van der Waals surface area contributed by atoms with Crippen LogP contribution in [0.5, 0.6) is 0 Å². The van der Waals surface area contributed by atoms with E-state index in [1.54, 1.807) is 25.6 Å². The Hall–Kier alpha value is -2.52. The quantitative estimate of drug-likeness (QED) is 0.674. The minimum Gasteiger partial charge on any atom is -0.319 e. The molecule has 2 aromatic rings. The summed E-state index contributed by atoms with van der Waals surface area (Å²) in [4.78, 5) is 41.0. The van der Waals surface area contributed by atoms with E-state index < -0.39 is 0 Å². The van der Waals surface area contributed by atoms with Gasteiger partial charge in [0.05, 0.1) is 29.5 Å². The number of hydrogen-bond acceptors (Lipinski definition) is 5. The number of anilines is 1. The number of aromatic nitrogens is 2. The Balaban J connectivity index is 2.03. The first-order valence-electron chi connectivity index (χ1n) is 8.08. The Morgan fingerprint density at radius 3 is 2.46 bits per heavy atom. The van der Waals surface area contributed by atoms with Crippen molar-refractivity contribution >= 4 is 29.3 Å². The molecule has 0 saturated carbocycles. The molecule has 2 N–H and O–H groups in total. The first-order valence-corrected chi connectivity index (χ1v) is 9.23. The van der Waals surface area contributed by atoms with Gasteiger partial charge in [0, 0.05) is 7.05 Å². The number of rotatable bonds is 8. The maximum absolute atomic E-state index is 12.7. The lowest BCUT2D eigenvalue weighted by molar-refractivity contribution is -0.130. The van der Waals surface area contributed by atoms with Crippen LogP contribution in [0.2, 0.25) is 0 Å². The number of benzene rings is 1. The second-order valence-corrected chi connectivity index (χ2v) is 6.42. The Kier molecular flexibility index (Phi) is 7.05. The van der Waals surface area contributed by atoms with Gasteiger partial charge in [0.25, 0.3) is 11.5 Å². The van der Waals surface area contributed by atoms with Gasteiger partial charge in [-0.1, -0.05) is 18.2 Å². The lowest BCUT2D eigenvalue weighted by Crippen LogP contribution is -2.27. The second kappa shape index (κ2) is 9.25. The number of nitrogens with zero attached hydrogens (tertiary/aromatic N) is 2. The summed E-state index contributed by atoms with van der Waals surface area (Å²) in [6, 6.07) is 9.18. The highest BCUT2D eigenvalue weighted by atomic mass is 32.2. The van der Waals surface area contributed by atoms with Crippen molar-refractivity contribution in [1.82, 2.24) is 14.8 Å². The van der Waals surface area contributed by atoms with Gasteiger partial charge in [0.15, 0.2) is 0 Å². The summed E-state index contributed by atoms with van der Waals surface area (Å²) < 4.78 is 3.18. The predicted octanol–water partition coefficient (Wildman–Crippen LogP) is 1.22. The number of amides is 2. The monoisotopic (exact) mass is 378 g/mol. The van der Waals surface area contributed by atoms with Gasteiger partial charge in [-0.15, -0.1) is 11.8 Å². The van der Waals surface area contributed by atoms with Gasteiger partial charge in [-0.2, -0.15) is 0 Å². The third-order valence-corrected chi connectivity index (χ3v) is 4.55. The zero-order valence-electron chi connectivity index (χ0n) is 14.9. The normalized spacial score (nSPS) is 10.6. The summed E-state index contributed by atoms with van der Waals surface area (Å²) in [5.74, 6) is -0.508. The van der Waals surface area contributed by atoms with E-state index in [0.717, 1.165) is 11.8 Å². The Bertz CT molecular complexity index is 829. The molecular formula is C17H22N4O4S. The number of hydroxylamine groups is 1. The average Bonchev–Trinajstić information content (AvgIpc) is 2.84. The zero-order valence-corrected chi connectivity index (χ0v) is 15.8. The average molecular weight is 378 g/mol. The van der Waals surface area contributed by atoms with Gasteiger partial charge >= 0.3 is 0 Å². The van der Waals surface area contributed by atoms with Crippen LogP contribution in [-0.2, 0) is 21.5 Å². The zero-order chi connectivity index (χ0) is 19.1. The van der Waals surface area contributed by atoms with Crippen molar-refractivity contribution in [2.45, 2.75) is 13.8 Å². The van der Waals surface area contributed by atoms with Crippen LogP contribution in [0, 0.1) is 6.92 Å². The minimum absolute atomic E-state index is 0.0542. The summed E-state index contributed by atoms with van der Waals surface area (Å²) in [5.41, 5.74) is 3.55. The van der Waals surface area contributed by atoms with Crippen LogP contribution in [-0.4, -0.2) is 39.3 Å². The molecule has 26 heavy (non-hydrogen) atoms. The van der Waals surface area contributed by atoms with Crippen LogP contribution in [0.15, 0.2) is 35.1 Å². The highest BCUT2D eigenvalue weighted by Crippen LogP contribution is 2.14. The van der Waals surface area contributed by atoms with Crippen LogP contribution in [0.1, 0.15) is 12.6 Å². The summed E-state index contributed by atoms with van der Waals surface area (Å²) >= 11 is 1.14. The smallest absolute Gasteiger partial charge is 0.295 e.